The van der Waals surface area contributed by atoms with Crippen molar-refractivity contribution in [3.8, 4) is 0 Å². The van der Waals surface area contributed by atoms with Crippen LogP contribution in [0.3, 0.4) is 0 Å². The van der Waals surface area contributed by atoms with E-state index in [9.17, 15) is 8.42 Å². The fourth-order valence-corrected chi connectivity index (χ4v) is 7.15. The van der Waals surface area contributed by atoms with Crippen molar-refractivity contribution < 1.29 is 8.42 Å². The van der Waals surface area contributed by atoms with Crippen LogP contribution < -0.4 is 5.73 Å². The molecule has 1 aromatic carbocycles. The van der Waals surface area contributed by atoms with Crippen LogP contribution in [0.4, 0.5) is 0 Å². The quantitative estimate of drug-likeness (QED) is 0.847. The van der Waals surface area contributed by atoms with Crippen LogP contribution in [-0.4, -0.2) is 55.6 Å². The van der Waals surface area contributed by atoms with Gasteiger partial charge in [0.05, 0.1) is 5.75 Å². The van der Waals surface area contributed by atoms with Gasteiger partial charge in [0.2, 0.25) is 10.0 Å². The molecule has 7 heteroatoms. The van der Waals surface area contributed by atoms with Gasteiger partial charge in [-0.05, 0) is 67.8 Å². The van der Waals surface area contributed by atoms with Crippen LogP contribution in [0.15, 0.2) is 18.2 Å². The summed E-state index contributed by atoms with van der Waals surface area (Å²) >= 11 is 6.18. The Kier molecular flexibility index (Phi) is 5.32. The Bertz CT molecular complexity index is 770. The summed E-state index contributed by atoms with van der Waals surface area (Å²) in [6.45, 7) is 3.13. The van der Waals surface area contributed by atoms with Gasteiger partial charge in [-0.1, -0.05) is 17.7 Å². The van der Waals surface area contributed by atoms with Gasteiger partial charge in [-0.25, -0.2) is 8.42 Å². The second-order valence-corrected chi connectivity index (χ2v) is 10.4. The van der Waals surface area contributed by atoms with Gasteiger partial charge in [0.1, 0.15) is 0 Å². The molecule has 3 aliphatic rings. The van der Waals surface area contributed by atoms with E-state index in [1.807, 2.05) is 10.4 Å². The van der Waals surface area contributed by atoms with E-state index < -0.39 is 10.0 Å². The maximum atomic E-state index is 12.9. The van der Waals surface area contributed by atoms with Crippen LogP contribution in [0.25, 0.3) is 0 Å². The molecule has 0 radical (unpaired) electrons. The highest BCUT2D eigenvalue weighted by atomic mass is 35.5. The van der Waals surface area contributed by atoms with Crippen molar-refractivity contribution in [3.63, 3.8) is 0 Å². The number of benzene rings is 1. The summed E-state index contributed by atoms with van der Waals surface area (Å²) in [4.78, 5) is 2.56. The van der Waals surface area contributed by atoms with E-state index in [0.29, 0.717) is 31.5 Å². The first-order valence-electron chi connectivity index (χ1n) is 9.71. The lowest BCUT2D eigenvalue weighted by Gasteiger charge is -2.51. The predicted octanol–water partition coefficient (Wildman–Crippen LogP) is 2.40. The van der Waals surface area contributed by atoms with E-state index >= 15 is 0 Å². The second kappa shape index (κ2) is 7.40. The number of nitrogens with two attached hydrogens (primary N) is 1. The summed E-state index contributed by atoms with van der Waals surface area (Å²) < 4.78 is 27.6. The molecule has 1 aromatic rings. The van der Waals surface area contributed by atoms with Gasteiger partial charge in [0.25, 0.3) is 0 Å². The third-order valence-electron chi connectivity index (χ3n) is 6.34. The summed E-state index contributed by atoms with van der Waals surface area (Å²) in [7, 11) is -3.22. The summed E-state index contributed by atoms with van der Waals surface area (Å²) in [6, 6.07) is 6.62. The summed E-state index contributed by atoms with van der Waals surface area (Å²) in [5.74, 6) is 0.620. The number of nitrogens with zero attached hydrogens (tertiary/aromatic N) is 2. The standard InChI is InChI=1S/C19H28ClN3O2S/c20-16-4-5-17-14(11-16)6-9-22-13-15-3-1-8-23(18(15)12-19(17)22)26(24,25)10-2-7-21/h4-5,11,15,18-19H,1-3,6-10,12-13,21H2/t15-,18+,19-/m0/s1. The number of sulfonamides is 1. The summed E-state index contributed by atoms with van der Waals surface area (Å²) in [5.41, 5.74) is 8.21. The molecule has 0 saturated carbocycles. The van der Waals surface area contributed by atoms with Gasteiger partial charge in [0.15, 0.2) is 0 Å². The van der Waals surface area contributed by atoms with Crippen LogP contribution in [0.1, 0.15) is 42.9 Å². The largest absolute Gasteiger partial charge is 0.330 e. The van der Waals surface area contributed by atoms with Crippen molar-refractivity contribution in [1.29, 1.82) is 0 Å². The Balaban J connectivity index is 1.61. The van der Waals surface area contributed by atoms with E-state index in [2.05, 4.69) is 17.0 Å². The zero-order chi connectivity index (χ0) is 18.3. The number of piperidine rings is 2. The van der Waals surface area contributed by atoms with E-state index in [0.717, 1.165) is 43.8 Å². The van der Waals surface area contributed by atoms with Crippen molar-refractivity contribution >= 4 is 21.6 Å². The van der Waals surface area contributed by atoms with Gasteiger partial charge in [-0.3, -0.25) is 4.90 Å². The molecule has 3 atom stereocenters. The number of halogens is 1. The molecule has 0 amide bonds. The highest BCUT2D eigenvalue weighted by Crippen LogP contribution is 2.43. The molecule has 3 heterocycles. The predicted molar refractivity (Wildman–Crippen MR) is 105 cm³/mol. The third kappa shape index (κ3) is 3.42. The molecule has 26 heavy (non-hydrogen) atoms. The number of hydrogen-bond acceptors (Lipinski definition) is 4. The molecule has 3 aliphatic heterocycles. The SMILES string of the molecule is NCCCS(=O)(=O)N1CCC[C@H]2CN3CCc4cc(Cl)ccc4[C@@H]3C[C@H]21. The van der Waals surface area contributed by atoms with E-state index in [1.165, 1.54) is 11.1 Å². The molecular weight excluding hydrogens is 370 g/mol. The van der Waals surface area contributed by atoms with Crippen LogP contribution in [0.2, 0.25) is 5.02 Å². The summed E-state index contributed by atoms with van der Waals surface area (Å²) in [5, 5.41) is 0.787. The summed E-state index contributed by atoms with van der Waals surface area (Å²) in [6.07, 6.45) is 4.55. The lowest BCUT2D eigenvalue weighted by atomic mass is 9.77. The van der Waals surface area contributed by atoms with Crippen LogP contribution in [0.5, 0.6) is 0 Å². The molecule has 2 N–H and O–H groups in total. The molecule has 0 bridgehead atoms. The van der Waals surface area contributed by atoms with Crippen LogP contribution in [0, 0.1) is 5.92 Å². The maximum absolute atomic E-state index is 12.9. The molecule has 5 nitrogen and oxygen atoms in total. The molecule has 4 rings (SSSR count). The number of hydrogen-bond donors (Lipinski definition) is 1. The number of rotatable bonds is 4. The van der Waals surface area contributed by atoms with Crippen molar-refractivity contribution in [2.24, 2.45) is 11.7 Å². The molecule has 2 fully saturated rings. The Morgan fingerprint density at radius 1 is 1.27 bits per heavy atom. The zero-order valence-corrected chi connectivity index (χ0v) is 16.7. The molecular formula is C19H28ClN3O2S. The maximum Gasteiger partial charge on any atom is 0.214 e. The van der Waals surface area contributed by atoms with Crippen molar-refractivity contribution in [3.05, 3.63) is 34.3 Å². The molecule has 0 spiro atoms. The van der Waals surface area contributed by atoms with E-state index in [1.54, 1.807) is 0 Å². The highest BCUT2D eigenvalue weighted by Gasteiger charge is 2.45. The zero-order valence-electron chi connectivity index (χ0n) is 15.1. The van der Waals surface area contributed by atoms with Gasteiger partial charge in [-0.15, -0.1) is 0 Å². The molecule has 0 aliphatic carbocycles. The minimum atomic E-state index is -3.22. The molecule has 0 aromatic heterocycles. The second-order valence-electron chi connectivity index (χ2n) is 7.88. The van der Waals surface area contributed by atoms with Crippen LogP contribution >= 0.6 is 11.6 Å². The van der Waals surface area contributed by atoms with Crippen LogP contribution in [-0.2, 0) is 16.4 Å². The normalized spacial score (nSPS) is 29.7. The topological polar surface area (TPSA) is 66.6 Å². The van der Waals surface area contributed by atoms with Gasteiger partial charge < -0.3 is 5.73 Å². The van der Waals surface area contributed by atoms with Crippen molar-refractivity contribution in [2.45, 2.75) is 44.2 Å². The lowest BCUT2D eigenvalue weighted by molar-refractivity contribution is 0.0220. The van der Waals surface area contributed by atoms with Gasteiger partial charge in [-0.2, -0.15) is 4.31 Å². The first-order chi connectivity index (χ1) is 12.5. The number of fused-ring (bicyclic) bond motifs is 4. The van der Waals surface area contributed by atoms with E-state index in [-0.39, 0.29) is 11.8 Å². The molecule has 2 saturated heterocycles. The Morgan fingerprint density at radius 2 is 2.12 bits per heavy atom. The average Bonchev–Trinajstić information content (AvgIpc) is 2.64. The van der Waals surface area contributed by atoms with Gasteiger partial charge in [0, 0.05) is 36.7 Å². The smallest absolute Gasteiger partial charge is 0.214 e. The Hall–Kier alpha value is -0.660. The Morgan fingerprint density at radius 3 is 2.92 bits per heavy atom. The minimum absolute atomic E-state index is 0.120. The lowest BCUT2D eigenvalue weighted by Crippen LogP contribution is -2.57. The van der Waals surface area contributed by atoms with Crippen molar-refractivity contribution in [1.82, 2.24) is 9.21 Å². The molecule has 0 unspecified atom stereocenters. The fourth-order valence-electron chi connectivity index (χ4n) is 5.11. The average molecular weight is 398 g/mol. The minimum Gasteiger partial charge on any atom is -0.330 e. The Labute approximate surface area is 161 Å². The monoisotopic (exact) mass is 397 g/mol. The van der Waals surface area contributed by atoms with E-state index in [4.69, 9.17) is 17.3 Å². The third-order valence-corrected chi connectivity index (χ3v) is 8.55. The first-order valence-corrected chi connectivity index (χ1v) is 11.7. The van der Waals surface area contributed by atoms with Crippen molar-refractivity contribution in [2.75, 3.05) is 31.9 Å². The fraction of sp³-hybridized carbons (Fsp3) is 0.684. The van der Waals surface area contributed by atoms with Gasteiger partial charge >= 0.3 is 0 Å². The first kappa shape index (κ1) is 18.7. The highest BCUT2D eigenvalue weighted by molar-refractivity contribution is 7.89. The molecule has 144 valence electrons.